The van der Waals surface area contributed by atoms with Crippen molar-refractivity contribution in [2.24, 2.45) is 5.10 Å². The van der Waals surface area contributed by atoms with Crippen LogP contribution < -0.4 is 15.0 Å². The van der Waals surface area contributed by atoms with E-state index >= 15 is 0 Å². The fraction of sp³-hybridized carbons (Fsp3) is 0.107. The maximum atomic E-state index is 13.5. The van der Waals surface area contributed by atoms with Gasteiger partial charge < -0.3 is 13.9 Å². The van der Waals surface area contributed by atoms with Crippen molar-refractivity contribution in [3.63, 3.8) is 0 Å². The standard InChI is InChI=1S/C28H22BrN3O4/c1-3-13-35-24-11-9-18(14-25(24)34-4-2)17-30-32-27(31-22-8-6-5-7-21(22)28(32)33)26-16-19-15-20(29)10-12-23(19)36-26/h3,5-12,14-17H,1,4,13H2,2H3. The van der Waals surface area contributed by atoms with Crippen LogP contribution in [0.3, 0.4) is 0 Å². The maximum absolute atomic E-state index is 13.5. The number of nitrogens with zero attached hydrogens (tertiary/aromatic N) is 3. The molecular weight excluding hydrogens is 522 g/mol. The fourth-order valence-corrected chi connectivity index (χ4v) is 4.16. The summed E-state index contributed by atoms with van der Waals surface area (Å²) >= 11 is 3.48. The summed E-state index contributed by atoms with van der Waals surface area (Å²) in [5.74, 6) is 1.92. The highest BCUT2D eigenvalue weighted by Crippen LogP contribution is 2.30. The topological polar surface area (TPSA) is 78.9 Å². The van der Waals surface area contributed by atoms with E-state index in [2.05, 4.69) is 27.6 Å². The van der Waals surface area contributed by atoms with Gasteiger partial charge in [-0.25, -0.2) is 4.98 Å². The van der Waals surface area contributed by atoms with Crippen molar-refractivity contribution in [1.29, 1.82) is 0 Å². The van der Waals surface area contributed by atoms with E-state index in [0.29, 0.717) is 52.8 Å². The molecule has 5 aromatic rings. The Labute approximate surface area is 215 Å². The van der Waals surface area contributed by atoms with Crippen molar-refractivity contribution >= 4 is 44.0 Å². The second-order valence-electron chi connectivity index (χ2n) is 7.85. The molecule has 0 amide bonds. The van der Waals surface area contributed by atoms with E-state index in [1.54, 1.807) is 36.6 Å². The summed E-state index contributed by atoms with van der Waals surface area (Å²) in [5, 5.41) is 5.86. The van der Waals surface area contributed by atoms with Gasteiger partial charge in [0.05, 0.1) is 23.7 Å². The summed E-state index contributed by atoms with van der Waals surface area (Å²) in [4.78, 5) is 18.2. The minimum Gasteiger partial charge on any atom is -0.490 e. The first-order valence-corrected chi connectivity index (χ1v) is 12.1. The Morgan fingerprint density at radius 2 is 1.94 bits per heavy atom. The molecule has 0 saturated heterocycles. The number of rotatable bonds is 8. The average Bonchev–Trinajstić information content (AvgIpc) is 3.31. The number of para-hydroxylation sites is 1. The zero-order chi connectivity index (χ0) is 25.1. The summed E-state index contributed by atoms with van der Waals surface area (Å²) < 4.78 is 19.6. The Morgan fingerprint density at radius 1 is 1.08 bits per heavy atom. The smallest absolute Gasteiger partial charge is 0.282 e. The van der Waals surface area contributed by atoms with Crippen molar-refractivity contribution in [2.45, 2.75) is 6.92 Å². The van der Waals surface area contributed by atoms with E-state index in [0.717, 1.165) is 15.4 Å². The van der Waals surface area contributed by atoms with Crippen LogP contribution >= 0.6 is 15.9 Å². The minimum absolute atomic E-state index is 0.301. The molecule has 0 aliphatic rings. The lowest BCUT2D eigenvalue weighted by Gasteiger charge is -2.11. The monoisotopic (exact) mass is 543 g/mol. The number of aromatic nitrogens is 2. The maximum Gasteiger partial charge on any atom is 0.282 e. The normalized spacial score (nSPS) is 11.4. The van der Waals surface area contributed by atoms with Gasteiger partial charge in [-0.3, -0.25) is 4.79 Å². The van der Waals surface area contributed by atoms with Gasteiger partial charge in [-0.1, -0.05) is 40.7 Å². The minimum atomic E-state index is -0.301. The summed E-state index contributed by atoms with van der Waals surface area (Å²) in [6, 6.07) is 20.2. The quantitative estimate of drug-likeness (QED) is 0.167. The molecule has 3 aromatic carbocycles. The molecule has 180 valence electrons. The van der Waals surface area contributed by atoms with Gasteiger partial charge >= 0.3 is 0 Å². The van der Waals surface area contributed by atoms with E-state index in [-0.39, 0.29) is 5.56 Å². The molecule has 0 aliphatic carbocycles. The van der Waals surface area contributed by atoms with Crippen LogP contribution in [-0.4, -0.2) is 29.1 Å². The molecule has 2 heterocycles. The second-order valence-corrected chi connectivity index (χ2v) is 8.76. The first kappa shape index (κ1) is 23.6. The summed E-state index contributed by atoms with van der Waals surface area (Å²) in [5.41, 5.74) is 1.67. The molecule has 0 fully saturated rings. The SMILES string of the molecule is C=CCOc1ccc(C=Nn2c(-c3cc4cc(Br)ccc4o3)nc3ccccc3c2=O)cc1OCC. The van der Waals surface area contributed by atoms with E-state index in [9.17, 15) is 4.79 Å². The van der Waals surface area contributed by atoms with Gasteiger partial charge in [-0.2, -0.15) is 9.78 Å². The third kappa shape index (κ3) is 4.67. The Balaban J connectivity index is 1.63. The molecule has 2 aromatic heterocycles. The van der Waals surface area contributed by atoms with Crippen LogP contribution in [0.2, 0.25) is 0 Å². The zero-order valence-corrected chi connectivity index (χ0v) is 21.1. The molecule has 5 rings (SSSR count). The molecule has 0 bridgehead atoms. The number of benzene rings is 3. The van der Waals surface area contributed by atoms with E-state index in [1.165, 1.54) is 4.68 Å². The lowest BCUT2D eigenvalue weighted by molar-refractivity contribution is 0.297. The number of halogens is 1. The molecule has 0 saturated carbocycles. The highest BCUT2D eigenvalue weighted by atomic mass is 79.9. The largest absolute Gasteiger partial charge is 0.490 e. The molecule has 0 radical (unpaired) electrons. The Morgan fingerprint density at radius 3 is 2.78 bits per heavy atom. The van der Waals surface area contributed by atoms with Crippen molar-refractivity contribution in [1.82, 2.24) is 9.66 Å². The zero-order valence-electron chi connectivity index (χ0n) is 19.5. The number of hydrogen-bond donors (Lipinski definition) is 0. The lowest BCUT2D eigenvalue weighted by Crippen LogP contribution is -2.20. The van der Waals surface area contributed by atoms with Crippen LogP contribution in [0.5, 0.6) is 11.5 Å². The Kier molecular flexibility index (Phi) is 6.69. The lowest BCUT2D eigenvalue weighted by atomic mass is 10.2. The van der Waals surface area contributed by atoms with Crippen molar-refractivity contribution in [2.75, 3.05) is 13.2 Å². The van der Waals surface area contributed by atoms with Gasteiger partial charge in [-0.05, 0) is 67.1 Å². The van der Waals surface area contributed by atoms with Gasteiger partial charge in [0.1, 0.15) is 12.2 Å². The molecule has 0 unspecified atom stereocenters. The number of ether oxygens (including phenoxy) is 2. The van der Waals surface area contributed by atoms with Crippen LogP contribution in [0.1, 0.15) is 12.5 Å². The summed E-state index contributed by atoms with van der Waals surface area (Å²) in [7, 11) is 0. The van der Waals surface area contributed by atoms with Crippen molar-refractivity contribution < 1.29 is 13.9 Å². The van der Waals surface area contributed by atoms with Crippen LogP contribution in [0, 0.1) is 0 Å². The van der Waals surface area contributed by atoms with Gasteiger partial charge in [0.25, 0.3) is 5.56 Å². The van der Waals surface area contributed by atoms with Crippen molar-refractivity contribution in [3.05, 3.63) is 99.8 Å². The van der Waals surface area contributed by atoms with Crippen LogP contribution in [0.4, 0.5) is 0 Å². The average molecular weight is 544 g/mol. The molecule has 36 heavy (non-hydrogen) atoms. The summed E-state index contributed by atoms with van der Waals surface area (Å²) in [6.07, 6.45) is 3.25. The van der Waals surface area contributed by atoms with Gasteiger partial charge in [0, 0.05) is 9.86 Å². The predicted molar refractivity (Wildman–Crippen MR) is 145 cm³/mol. The molecule has 0 atom stereocenters. The third-order valence-electron chi connectivity index (χ3n) is 5.40. The van der Waals surface area contributed by atoms with E-state index < -0.39 is 0 Å². The number of fused-ring (bicyclic) bond motifs is 2. The molecular formula is C28H22BrN3O4. The molecule has 0 aliphatic heterocycles. The predicted octanol–water partition coefficient (Wildman–Crippen LogP) is 6.42. The number of hydrogen-bond acceptors (Lipinski definition) is 6. The van der Waals surface area contributed by atoms with Crippen LogP contribution in [-0.2, 0) is 0 Å². The first-order valence-electron chi connectivity index (χ1n) is 11.3. The molecule has 8 heteroatoms. The van der Waals surface area contributed by atoms with Gasteiger partial charge in [0.2, 0.25) is 5.82 Å². The van der Waals surface area contributed by atoms with E-state index in [1.807, 2.05) is 49.4 Å². The van der Waals surface area contributed by atoms with E-state index in [4.69, 9.17) is 18.9 Å². The highest BCUT2D eigenvalue weighted by Gasteiger charge is 2.16. The van der Waals surface area contributed by atoms with Gasteiger partial charge in [0.15, 0.2) is 17.3 Å². The molecule has 0 spiro atoms. The fourth-order valence-electron chi connectivity index (χ4n) is 3.78. The molecule has 7 nitrogen and oxygen atoms in total. The van der Waals surface area contributed by atoms with Crippen LogP contribution in [0.15, 0.2) is 98.2 Å². The Bertz CT molecular complexity index is 1670. The third-order valence-corrected chi connectivity index (χ3v) is 5.89. The first-order chi connectivity index (χ1) is 17.6. The second kappa shape index (κ2) is 10.2. The Hall–Kier alpha value is -4.17. The molecule has 0 N–H and O–H groups in total. The van der Waals surface area contributed by atoms with Gasteiger partial charge in [-0.15, -0.1) is 0 Å². The van der Waals surface area contributed by atoms with Crippen molar-refractivity contribution in [3.8, 4) is 23.1 Å². The van der Waals surface area contributed by atoms with Crippen LogP contribution in [0.25, 0.3) is 33.5 Å². The number of furan rings is 1. The highest BCUT2D eigenvalue weighted by molar-refractivity contribution is 9.10. The summed E-state index contributed by atoms with van der Waals surface area (Å²) in [6.45, 7) is 6.42.